The van der Waals surface area contributed by atoms with Crippen LogP contribution in [-0.4, -0.2) is 49.7 Å². The molecule has 4 rings (SSSR count). The van der Waals surface area contributed by atoms with E-state index in [0.29, 0.717) is 35.1 Å². The van der Waals surface area contributed by atoms with Gasteiger partial charge in [0.2, 0.25) is 5.13 Å². The summed E-state index contributed by atoms with van der Waals surface area (Å²) in [7, 11) is -4.16. The number of halogens is 1. The summed E-state index contributed by atoms with van der Waals surface area (Å²) >= 11 is 6.50. The molecule has 1 aliphatic rings. The van der Waals surface area contributed by atoms with E-state index < -0.39 is 21.8 Å². The van der Waals surface area contributed by atoms with Crippen molar-refractivity contribution in [3.05, 3.63) is 64.7 Å². The monoisotopic (exact) mass is 521 g/mol. The predicted molar refractivity (Wildman–Crippen MR) is 128 cm³/mol. The van der Waals surface area contributed by atoms with E-state index in [1.807, 2.05) is 0 Å². The van der Waals surface area contributed by atoms with Gasteiger partial charge in [-0.05, 0) is 49.2 Å². The van der Waals surface area contributed by atoms with Gasteiger partial charge in [0, 0.05) is 23.7 Å². The Labute approximate surface area is 204 Å². The number of rotatable bonds is 8. The van der Waals surface area contributed by atoms with E-state index in [2.05, 4.69) is 25.6 Å². The fourth-order valence-electron chi connectivity index (χ4n) is 3.21. The van der Waals surface area contributed by atoms with Gasteiger partial charge in [-0.15, -0.1) is 10.2 Å². The second-order valence-corrected chi connectivity index (χ2v) is 10.6. The van der Waals surface area contributed by atoms with Crippen LogP contribution in [-0.2, 0) is 14.8 Å². The Balaban J connectivity index is 1.44. The smallest absolute Gasteiger partial charge is 0.291 e. The minimum absolute atomic E-state index is 0.00270. The number of benzene rings is 2. The fraction of sp³-hybridized carbons (Fsp3) is 0.238. The van der Waals surface area contributed by atoms with Crippen molar-refractivity contribution >= 4 is 55.6 Å². The first-order chi connectivity index (χ1) is 16.3. The SMILES string of the molecule is O=C(Nc1nnc(S(=O)(=O)Nc2ccccc2C(=O)NC[C@@H]2CCCO2)s1)c1ccc(Cl)cc1. The van der Waals surface area contributed by atoms with Crippen LogP contribution < -0.4 is 15.4 Å². The quantitative estimate of drug-likeness (QED) is 0.387. The Morgan fingerprint density at radius 2 is 1.85 bits per heavy atom. The van der Waals surface area contributed by atoms with Gasteiger partial charge in [-0.1, -0.05) is 35.1 Å². The van der Waals surface area contributed by atoms with E-state index >= 15 is 0 Å². The van der Waals surface area contributed by atoms with E-state index in [1.54, 1.807) is 24.3 Å². The van der Waals surface area contributed by atoms with Crippen LogP contribution in [0.2, 0.25) is 5.02 Å². The molecule has 0 spiro atoms. The highest BCUT2D eigenvalue weighted by Gasteiger charge is 2.24. The molecule has 3 aromatic rings. The molecular formula is C21H20ClN5O5S2. The average molecular weight is 522 g/mol. The molecule has 2 heterocycles. The Kier molecular flexibility index (Phi) is 7.41. The number of aromatic nitrogens is 2. The lowest BCUT2D eigenvalue weighted by Gasteiger charge is -2.13. The number of carbonyl (C=O) groups excluding carboxylic acids is 2. The second-order valence-electron chi connectivity index (χ2n) is 7.33. The molecule has 0 aliphatic carbocycles. The molecule has 0 radical (unpaired) electrons. The summed E-state index contributed by atoms with van der Waals surface area (Å²) in [5.41, 5.74) is 0.573. The third kappa shape index (κ3) is 5.89. The molecule has 1 aliphatic heterocycles. The average Bonchev–Trinajstić information content (AvgIpc) is 3.51. The summed E-state index contributed by atoms with van der Waals surface area (Å²) < 4.78 is 33.2. The highest BCUT2D eigenvalue weighted by Crippen LogP contribution is 2.25. The fourth-order valence-corrected chi connectivity index (χ4v) is 5.31. The molecule has 2 aromatic carbocycles. The number of ether oxygens (including phenoxy) is 1. The summed E-state index contributed by atoms with van der Waals surface area (Å²) in [5, 5.41) is 13.2. The van der Waals surface area contributed by atoms with Crippen molar-refractivity contribution in [2.75, 3.05) is 23.2 Å². The van der Waals surface area contributed by atoms with Gasteiger partial charge in [0.1, 0.15) is 0 Å². The van der Waals surface area contributed by atoms with Gasteiger partial charge >= 0.3 is 0 Å². The summed E-state index contributed by atoms with van der Waals surface area (Å²) in [6.45, 7) is 1.01. The third-order valence-electron chi connectivity index (χ3n) is 4.89. The maximum atomic E-state index is 12.9. The molecule has 0 saturated carbocycles. The van der Waals surface area contributed by atoms with Crippen LogP contribution in [0, 0.1) is 0 Å². The maximum Gasteiger partial charge on any atom is 0.291 e. The largest absolute Gasteiger partial charge is 0.376 e. The van der Waals surface area contributed by atoms with Crippen LogP contribution in [0.4, 0.5) is 10.8 Å². The zero-order valence-corrected chi connectivity index (χ0v) is 20.0. The Morgan fingerprint density at radius 3 is 2.59 bits per heavy atom. The topological polar surface area (TPSA) is 139 Å². The van der Waals surface area contributed by atoms with Crippen molar-refractivity contribution < 1.29 is 22.7 Å². The number of nitrogens with one attached hydrogen (secondary N) is 3. The van der Waals surface area contributed by atoms with E-state index in [4.69, 9.17) is 16.3 Å². The molecule has 1 aromatic heterocycles. The molecule has 1 fully saturated rings. The summed E-state index contributed by atoms with van der Waals surface area (Å²) in [5.74, 6) is -0.917. The lowest BCUT2D eigenvalue weighted by Crippen LogP contribution is -2.32. The number of sulfonamides is 1. The molecule has 1 atom stereocenters. The van der Waals surface area contributed by atoms with Crippen molar-refractivity contribution in [3.8, 4) is 0 Å². The normalized spacial score (nSPS) is 15.6. The van der Waals surface area contributed by atoms with Crippen molar-refractivity contribution in [1.29, 1.82) is 0 Å². The van der Waals surface area contributed by atoms with E-state index in [0.717, 1.165) is 12.8 Å². The molecule has 3 N–H and O–H groups in total. The number of anilines is 2. The lowest BCUT2D eigenvalue weighted by atomic mass is 10.1. The van der Waals surface area contributed by atoms with Crippen molar-refractivity contribution in [1.82, 2.24) is 15.5 Å². The third-order valence-corrected chi connectivity index (χ3v) is 7.72. The van der Waals surface area contributed by atoms with Crippen LogP contribution in [0.3, 0.4) is 0 Å². The van der Waals surface area contributed by atoms with E-state index in [9.17, 15) is 18.0 Å². The zero-order valence-electron chi connectivity index (χ0n) is 17.7. The summed E-state index contributed by atoms with van der Waals surface area (Å²) in [6, 6.07) is 12.4. The van der Waals surface area contributed by atoms with Crippen LogP contribution in [0.1, 0.15) is 33.6 Å². The Morgan fingerprint density at radius 1 is 1.09 bits per heavy atom. The first-order valence-corrected chi connectivity index (χ1v) is 12.9. The molecule has 34 heavy (non-hydrogen) atoms. The number of amides is 2. The van der Waals surface area contributed by atoms with E-state index in [-0.39, 0.29) is 26.8 Å². The molecule has 2 amide bonds. The molecule has 13 heteroatoms. The molecule has 1 saturated heterocycles. The lowest BCUT2D eigenvalue weighted by molar-refractivity contribution is 0.0858. The van der Waals surface area contributed by atoms with Crippen LogP contribution in [0.15, 0.2) is 52.9 Å². The van der Waals surface area contributed by atoms with Crippen molar-refractivity contribution in [3.63, 3.8) is 0 Å². The molecular weight excluding hydrogens is 502 g/mol. The number of carbonyl (C=O) groups is 2. The first-order valence-electron chi connectivity index (χ1n) is 10.2. The van der Waals surface area contributed by atoms with Gasteiger partial charge < -0.3 is 10.1 Å². The number of para-hydroxylation sites is 1. The predicted octanol–water partition coefficient (Wildman–Crippen LogP) is 3.15. The van der Waals surface area contributed by atoms with Gasteiger partial charge in [0.05, 0.1) is 17.4 Å². The van der Waals surface area contributed by atoms with Gasteiger partial charge in [0.25, 0.3) is 26.2 Å². The van der Waals surface area contributed by atoms with E-state index in [1.165, 1.54) is 24.3 Å². The molecule has 0 bridgehead atoms. The highest BCUT2D eigenvalue weighted by atomic mass is 35.5. The van der Waals surface area contributed by atoms with Crippen LogP contribution in [0.25, 0.3) is 0 Å². The van der Waals surface area contributed by atoms with Gasteiger partial charge in [-0.3, -0.25) is 19.6 Å². The number of hydrogen-bond acceptors (Lipinski definition) is 8. The van der Waals surface area contributed by atoms with Crippen LogP contribution >= 0.6 is 22.9 Å². The molecule has 0 unspecified atom stereocenters. The summed E-state index contributed by atoms with van der Waals surface area (Å²) in [6.07, 6.45) is 1.76. The Hall–Kier alpha value is -3.06. The second kappa shape index (κ2) is 10.5. The number of hydrogen-bond donors (Lipinski definition) is 3. The standard InChI is InChI=1S/C21H20ClN5O5S2/c22-14-9-7-13(8-10-14)18(28)24-20-25-26-21(33-20)34(30,31)27-17-6-2-1-5-16(17)19(29)23-12-15-4-3-11-32-15/h1-2,5-10,15,27H,3-4,11-12H2,(H,23,29)(H,24,25,28)/t15-/m0/s1. The van der Waals surface area contributed by atoms with Crippen molar-refractivity contribution in [2.45, 2.75) is 23.3 Å². The van der Waals surface area contributed by atoms with Gasteiger partial charge in [0.15, 0.2) is 0 Å². The minimum atomic E-state index is -4.16. The minimum Gasteiger partial charge on any atom is -0.376 e. The molecule has 10 nitrogen and oxygen atoms in total. The van der Waals surface area contributed by atoms with Gasteiger partial charge in [-0.25, -0.2) is 0 Å². The summed E-state index contributed by atoms with van der Waals surface area (Å²) in [4.78, 5) is 25.0. The number of nitrogens with zero attached hydrogens (tertiary/aromatic N) is 2. The first kappa shape index (κ1) is 24.1. The highest BCUT2D eigenvalue weighted by molar-refractivity contribution is 7.94. The Bertz CT molecular complexity index is 1290. The van der Waals surface area contributed by atoms with Crippen molar-refractivity contribution in [2.24, 2.45) is 0 Å². The van der Waals surface area contributed by atoms with Gasteiger partial charge in [-0.2, -0.15) is 8.42 Å². The molecule has 178 valence electrons. The zero-order chi connectivity index (χ0) is 24.1. The maximum absolute atomic E-state index is 12.9. The van der Waals surface area contributed by atoms with Crippen LogP contribution in [0.5, 0.6) is 0 Å².